The van der Waals surface area contributed by atoms with Gasteiger partial charge in [-0.3, -0.25) is 0 Å². The van der Waals surface area contributed by atoms with E-state index in [-0.39, 0.29) is 0 Å². The minimum atomic E-state index is -2.60. The Morgan fingerprint density at radius 1 is 1.60 bits per heavy atom. The Labute approximate surface area is 60.9 Å². The molecule has 60 valence electrons. The van der Waals surface area contributed by atoms with Crippen LogP contribution in [0.1, 0.15) is 26.7 Å². The van der Waals surface area contributed by atoms with Crippen molar-refractivity contribution in [2.24, 2.45) is 5.92 Å². The van der Waals surface area contributed by atoms with E-state index < -0.39 is 11.8 Å². The molecular formula is C8H14F2. The molecule has 0 fully saturated rings. The van der Waals surface area contributed by atoms with Gasteiger partial charge in [-0.15, -0.1) is 6.58 Å². The zero-order chi connectivity index (χ0) is 8.20. The van der Waals surface area contributed by atoms with Crippen molar-refractivity contribution >= 4 is 0 Å². The Balaban J connectivity index is 3.93. The molecule has 0 aliphatic rings. The zero-order valence-corrected chi connectivity index (χ0v) is 6.53. The van der Waals surface area contributed by atoms with E-state index in [1.54, 1.807) is 0 Å². The molecule has 0 spiro atoms. The summed E-state index contributed by atoms with van der Waals surface area (Å²) in [6.45, 7) is 6.20. The number of allylic oxidation sites excluding steroid dienone is 1. The van der Waals surface area contributed by atoms with Gasteiger partial charge in [-0.05, 0) is 13.3 Å². The van der Waals surface area contributed by atoms with E-state index in [1.165, 1.54) is 6.08 Å². The van der Waals surface area contributed by atoms with Gasteiger partial charge in [-0.1, -0.05) is 19.4 Å². The van der Waals surface area contributed by atoms with Gasteiger partial charge in [0.25, 0.3) is 5.92 Å². The van der Waals surface area contributed by atoms with Gasteiger partial charge in [-0.25, -0.2) is 8.78 Å². The molecule has 0 aromatic heterocycles. The Morgan fingerprint density at radius 3 is 2.20 bits per heavy atom. The monoisotopic (exact) mass is 148 g/mol. The average molecular weight is 148 g/mol. The average Bonchev–Trinajstić information content (AvgIpc) is 1.80. The van der Waals surface area contributed by atoms with Crippen molar-refractivity contribution in [2.75, 3.05) is 0 Å². The highest BCUT2D eigenvalue weighted by Crippen LogP contribution is 2.28. The molecule has 1 unspecified atom stereocenters. The first-order chi connectivity index (χ1) is 4.52. The minimum absolute atomic E-state index is 0.521. The molecule has 0 N–H and O–H groups in total. The third kappa shape index (κ3) is 2.95. The summed E-state index contributed by atoms with van der Waals surface area (Å²) < 4.78 is 25.0. The van der Waals surface area contributed by atoms with Crippen LogP contribution in [0.2, 0.25) is 0 Å². The lowest BCUT2D eigenvalue weighted by molar-refractivity contribution is -0.0237. The van der Waals surface area contributed by atoms with Gasteiger partial charge in [0.2, 0.25) is 0 Å². The molecule has 0 rings (SSSR count). The first-order valence-electron chi connectivity index (χ1n) is 3.52. The lowest BCUT2D eigenvalue weighted by atomic mass is 9.98. The molecular weight excluding hydrogens is 134 g/mol. The molecule has 10 heavy (non-hydrogen) atoms. The van der Waals surface area contributed by atoms with Crippen LogP contribution in [-0.2, 0) is 0 Å². The SMILES string of the molecule is C=CC(CCC)C(C)(F)F. The molecule has 0 saturated heterocycles. The predicted molar refractivity (Wildman–Crippen MR) is 39.2 cm³/mol. The van der Waals surface area contributed by atoms with E-state index in [4.69, 9.17) is 0 Å². The van der Waals surface area contributed by atoms with Crippen LogP contribution < -0.4 is 0 Å². The van der Waals surface area contributed by atoms with E-state index in [2.05, 4.69) is 6.58 Å². The van der Waals surface area contributed by atoms with E-state index in [1.807, 2.05) is 6.92 Å². The third-order valence-corrected chi connectivity index (χ3v) is 1.54. The number of alkyl halides is 2. The van der Waals surface area contributed by atoms with Crippen molar-refractivity contribution in [2.45, 2.75) is 32.6 Å². The van der Waals surface area contributed by atoms with Crippen LogP contribution in [-0.4, -0.2) is 5.92 Å². The Bertz CT molecular complexity index is 102. The van der Waals surface area contributed by atoms with Crippen molar-refractivity contribution in [3.63, 3.8) is 0 Å². The van der Waals surface area contributed by atoms with Crippen molar-refractivity contribution in [1.82, 2.24) is 0 Å². The van der Waals surface area contributed by atoms with Gasteiger partial charge in [0.1, 0.15) is 0 Å². The first kappa shape index (κ1) is 9.60. The molecule has 2 heteroatoms. The molecule has 0 amide bonds. The fourth-order valence-electron chi connectivity index (χ4n) is 0.889. The fourth-order valence-corrected chi connectivity index (χ4v) is 0.889. The van der Waals surface area contributed by atoms with E-state index in [0.29, 0.717) is 6.42 Å². The highest BCUT2D eigenvalue weighted by molar-refractivity contribution is 4.86. The van der Waals surface area contributed by atoms with Crippen molar-refractivity contribution in [3.8, 4) is 0 Å². The van der Waals surface area contributed by atoms with Crippen LogP contribution in [0.5, 0.6) is 0 Å². The normalized spacial score (nSPS) is 14.8. The van der Waals surface area contributed by atoms with E-state index in [0.717, 1.165) is 13.3 Å². The van der Waals surface area contributed by atoms with Crippen LogP contribution in [0.3, 0.4) is 0 Å². The van der Waals surface area contributed by atoms with Crippen LogP contribution in [0.15, 0.2) is 12.7 Å². The third-order valence-electron chi connectivity index (χ3n) is 1.54. The summed E-state index contributed by atoms with van der Waals surface area (Å²) in [5, 5.41) is 0. The van der Waals surface area contributed by atoms with E-state index in [9.17, 15) is 8.78 Å². The van der Waals surface area contributed by atoms with Gasteiger partial charge in [-0.2, -0.15) is 0 Å². The molecule has 0 radical (unpaired) electrons. The highest BCUT2D eigenvalue weighted by atomic mass is 19.3. The number of hydrogen-bond acceptors (Lipinski definition) is 0. The second-order valence-corrected chi connectivity index (χ2v) is 2.59. The van der Waals surface area contributed by atoms with Crippen molar-refractivity contribution in [1.29, 1.82) is 0 Å². The molecule has 0 bridgehead atoms. The predicted octanol–water partition coefficient (Wildman–Crippen LogP) is 3.24. The minimum Gasteiger partial charge on any atom is -0.207 e. The Morgan fingerprint density at radius 2 is 2.10 bits per heavy atom. The van der Waals surface area contributed by atoms with Crippen molar-refractivity contribution < 1.29 is 8.78 Å². The summed E-state index contributed by atoms with van der Waals surface area (Å²) in [4.78, 5) is 0. The Hall–Kier alpha value is -0.400. The fraction of sp³-hybridized carbons (Fsp3) is 0.750. The van der Waals surface area contributed by atoms with Crippen LogP contribution in [0, 0.1) is 5.92 Å². The summed E-state index contributed by atoms with van der Waals surface area (Å²) in [7, 11) is 0. The maximum atomic E-state index is 12.5. The molecule has 0 aromatic rings. The summed E-state index contributed by atoms with van der Waals surface area (Å²) in [6.07, 6.45) is 2.64. The van der Waals surface area contributed by atoms with Gasteiger partial charge in [0.05, 0.1) is 0 Å². The molecule has 0 nitrogen and oxygen atoms in total. The number of rotatable bonds is 4. The van der Waals surface area contributed by atoms with E-state index >= 15 is 0 Å². The van der Waals surface area contributed by atoms with Crippen LogP contribution >= 0.6 is 0 Å². The zero-order valence-electron chi connectivity index (χ0n) is 6.53. The smallest absolute Gasteiger partial charge is 0.207 e. The summed E-state index contributed by atoms with van der Waals surface area (Å²) in [5.74, 6) is -3.25. The largest absolute Gasteiger partial charge is 0.251 e. The summed E-state index contributed by atoms with van der Waals surface area (Å²) >= 11 is 0. The topological polar surface area (TPSA) is 0 Å². The molecule has 0 heterocycles. The van der Waals surface area contributed by atoms with Crippen molar-refractivity contribution in [3.05, 3.63) is 12.7 Å². The first-order valence-corrected chi connectivity index (χ1v) is 3.52. The standard InChI is InChI=1S/C8H14F2/c1-4-6-7(5-2)8(3,9)10/h5,7H,2,4,6H2,1,3H3. The Kier molecular flexibility index (Phi) is 3.54. The quantitative estimate of drug-likeness (QED) is 0.537. The van der Waals surface area contributed by atoms with Crippen LogP contribution in [0.25, 0.3) is 0 Å². The molecule has 1 atom stereocenters. The number of hydrogen-bond donors (Lipinski definition) is 0. The molecule has 0 aromatic carbocycles. The number of halogens is 2. The lowest BCUT2D eigenvalue weighted by Gasteiger charge is -2.18. The summed E-state index contributed by atoms with van der Waals surface area (Å²) in [6, 6.07) is 0. The van der Waals surface area contributed by atoms with Gasteiger partial charge in [0.15, 0.2) is 0 Å². The molecule has 0 saturated carbocycles. The molecule has 0 aliphatic carbocycles. The van der Waals surface area contributed by atoms with Gasteiger partial charge < -0.3 is 0 Å². The van der Waals surface area contributed by atoms with Crippen LogP contribution in [0.4, 0.5) is 8.78 Å². The summed E-state index contributed by atoms with van der Waals surface area (Å²) in [5.41, 5.74) is 0. The van der Waals surface area contributed by atoms with Gasteiger partial charge >= 0.3 is 0 Å². The maximum Gasteiger partial charge on any atom is 0.251 e. The second-order valence-electron chi connectivity index (χ2n) is 2.59. The molecule has 0 aliphatic heterocycles. The second kappa shape index (κ2) is 3.69. The highest BCUT2D eigenvalue weighted by Gasteiger charge is 2.30. The van der Waals surface area contributed by atoms with Gasteiger partial charge in [0, 0.05) is 5.92 Å². The maximum absolute atomic E-state index is 12.5. The lowest BCUT2D eigenvalue weighted by Crippen LogP contribution is -2.21.